The predicted molar refractivity (Wildman–Crippen MR) is 121 cm³/mol. The molecule has 0 unspecified atom stereocenters. The normalized spacial score (nSPS) is 17.8. The Morgan fingerprint density at radius 1 is 0.966 bits per heavy atom. The van der Waals surface area contributed by atoms with E-state index in [0.717, 1.165) is 22.6 Å². The minimum Gasteiger partial charge on any atom is -0.497 e. The molecule has 0 saturated carbocycles. The molecule has 3 aromatic rings. The second-order valence-electron chi connectivity index (χ2n) is 6.81. The van der Waals surface area contributed by atoms with Gasteiger partial charge in [0.1, 0.15) is 11.1 Å². The van der Waals surface area contributed by atoms with Crippen LogP contribution in [0.5, 0.6) is 5.75 Å². The smallest absolute Gasteiger partial charge is 0.266 e. The van der Waals surface area contributed by atoms with Crippen LogP contribution < -0.4 is 9.64 Å². The number of hydrogen-bond acceptors (Lipinski definition) is 3. The summed E-state index contributed by atoms with van der Waals surface area (Å²) >= 11 is 7.55. The van der Waals surface area contributed by atoms with E-state index in [1.165, 1.54) is 5.56 Å². The molecule has 0 radical (unpaired) electrons. The van der Waals surface area contributed by atoms with Crippen molar-refractivity contribution in [2.45, 2.75) is 12.3 Å². The molecule has 3 aromatic carbocycles. The van der Waals surface area contributed by atoms with Gasteiger partial charge in [0.05, 0.1) is 12.0 Å². The molecule has 4 rings (SSSR count). The van der Waals surface area contributed by atoms with Crippen molar-refractivity contribution in [1.82, 2.24) is 0 Å². The number of methoxy groups -OCH3 is 1. The van der Waals surface area contributed by atoms with Crippen molar-refractivity contribution >= 4 is 41.0 Å². The summed E-state index contributed by atoms with van der Waals surface area (Å²) in [6.07, 6.45) is 1.92. The first-order chi connectivity index (χ1) is 14.0. The van der Waals surface area contributed by atoms with Gasteiger partial charge in [-0.05, 0) is 60.5 Å². The number of aryl methyl sites for hydroxylation is 1. The van der Waals surface area contributed by atoms with E-state index >= 15 is 0 Å². The molecule has 0 aliphatic carbocycles. The number of rotatable bonds is 4. The number of ether oxygens (including phenoxy) is 1. The van der Waals surface area contributed by atoms with Crippen molar-refractivity contribution in [3.63, 3.8) is 0 Å². The molecule has 146 valence electrons. The van der Waals surface area contributed by atoms with E-state index in [4.69, 9.17) is 16.3 Å². The Hall–Kier alpha value is -2.69. The van der Waals surface area contributed by atoms with Crippen LogP contribution in [0, 0.1) is 6.92 Å². The lowest BCUT2D eigenvalue weighted by Gasteiger charge is -2.24. The molecule has 3 nitrogen and oxygen atoms in total. The molecule has 1 atom stereocenters. The van der Waals surface area contributed by atoms with Crippen LogP contribution in [0.3, 0.4) is 0 Å². The first-order valence-electron chi connectivity index (χ1n) is 9.23. The third-order valence-electron chi connectivity index (χ3n) is 4.78. The van der Waals surface area contributed by atoms with Gasteiger partial charge in [0.25, 0.3) is 5.91 Å². The second kappa shape index (κ2) is 8.36. The highest BCUT2D eigenvalue weighted by Gasteiger charge is 2.38. The molecule has 1 heterocycles. The zero-order valence-electron chi connectivity index (χ0n) is 16.1. The van der Waals surface area contributed by atoms with Crippen LogP contribution in [0.2, 0.25) is 5.02 Å². The molecule has 0 N–H and O–H groups in total. The van der Waals surface area contributed by atoms with Crippen LogP contribution in [0.25, 0.3) is 6.08 Å². The van der Waals surface area contributed by atoms with Crippen molar-refractivity contribution in [2.75, 3.05) is 12.0 Å². The maximum absolute atomic E-state index is 13.4. The van der Waals surface area contributed by atoms with Crippen LogP contribution in [-0.4, -0.2) is 13.0 Å². The Morgan fingerprint density at radius 3 is 2.24 bits per heavy atom. The van der Waals surface area contributed by atoms with E-state index in [-0.39, 0.29) is 11.3 Å². The molecule has 1 amide bonds. The molecule has 0 bridgehead atoms. The Balaban J connectivity index is 1.74. The Labute approximate surface area is 180 Å². The molecule has 0 spiro atoms. The monoisotopic (exact) mass is 421 g/mol. The van der Waals surface area contributed by atoms with Gasteiger partial charge in [-0.15, -0.1) is 0 Å². The van der Waals surface area contributed by atoms with Crippen molar-refractivity contribution in [3.05, 3.63) is 99.4 Å². The number of carbonyl (C=O) groups is 1. The molecule has 5 heteroatoms. The number of thioether (sulfide) groups is 1. The lowest BCUT2D eigenvalue weighted by atomic mass is 10.1. The fourth-order valence-corrected chi connectivity index (χ4v) is 4.58. The van der Waals surface area contributed by atoms with Gasteiger partial charge < -0.3 is 4.74 Å². The molecule has 29 heavy (non-hydrogen) atoms. The fraction of sp³-hybridized carbons (Fsp3) is 0.125. The number of benzene rings is 3. The summed E-state index contributed by atoms with van der Waals surface area (Å²) in [5.74, 6) is 0.748. The second-order valence-corrected chi connectivity index (χ2v) is 8.37. The summed E-state index contributed by atoms with van der Waals surface area (Å²) in [4.78, 5) is 15.9. The maximum Gasteiger partial charge on any atom is 0.266 e. The molecule has 1 aliphatic rings. The summed E-state index contributed by atoms with van der Waals surface area (Å²) in [5.41, 5.74) is 4.07. The summed E-state index contributed by atoms with van der Waals surface area (Å²) < 4.78 is 5.26. The van der Waals surface area contributed by atoms with Gasteiger partial charge in [-0.3, -0.25) is 9.69 Å². The number of nitrogens with zero attached hydrogens (tertiary/aromatic N) is 1. The Kier molecular flexibility index (Phi) is 5.65. The first kappa shape index (κ1) is 19.6. The average molecular weight is 422 g/mol. The first-order valence-corrected chi connectivity index (χ1v) is 10.5. The SMILES string of the molecule is COc1ccc(N2C(=O)/C(=C\c3ccc(Cl)cc3)S[C@H]2c2ccc(C)cc2)cc1. The third-order valence-corrected chi connectivity index (χ3v) is 6.29. The van der Waals surface area contributed by atoms with Crippen LogP contribution in [0.4, 0.5) is 5.69 Å². The molecular weight excluding hydrogens is 402 g/mol. The van der Waals surface area contributed by atoms with E-state index in [1.807, 2.05) is 59.5 Å². The number of halogens is 1. The zero-order valence-corrected chi connectivity index (χ0v) is 17.7. The van der Waals surface area contributed by atoms with Crippen LogP contribution in [0.1, 0.15) is 22.1 Å². The fourth-order valence-electron chi connectivity index (χ4n) is 3.20. The molecule has 1 aliphatic heterocycles. The van der Waals surface area contributed by atoms with Crippen molar-refractivity contribution in [1.29, 1.82) is 0 Å². The topological polar surface area (TPSA) is 29.5 Å². The van der Waals surface area contributed by atoms with Gasteiger partial charge in [0.15, 0.2) is 0 Å². The summed E-state index contributed by atoms with van der Waals surface area (Å²) in [7, 11) is 1.63. The van der Waals surface area contributed by atoms with Crippen LogP contribution in [-0.2, 0) is 4.79 Å². The van der Waals surface area contributed by atoms with E-state index in [2.05, 4.69) is 31.2 Å². The summed E-state index contributed by atoms with van der Waals surface area (Å²) in [5, 5.41) is 0.546. The number of amides is 1. The van der Waals surface area contributed by atoms with Crippen LogP contribution in [0.15, 0.2) is 77.7 Å². The van der Waals surface area contributed by atoms with Gasteiger partial charge in [-0.2, -0.15) is 0 Å². The van der Waals surface area contributed by atoms with E-state index in [1.54, 1.807) is 18.9 Å². The standard InChI is InChI=1S/C24H20ClNO2S/c1-16-3-7-18(8-4-16)24-26(20-11-13-21(28-2)14-12-20)23(27)22(29-24)15-17-5-9-19(25)10-6-17/h3-15,24H,1-2H3/b22-15+/t24-/m0/s1. The Morgan fingerprint density at radius 2 is 1.62 bits per heavy atom. The number of hydrogen-bond donors (Lipinski definition) is 0. The lowest BCUT2D eigenvalue weighted by Crippen LogP contribution is -2.27. The zero-order chi connectivity index (χ0) is 20.4. The largest absolute Gasteiger partial charge is 0.497 e. The van der Waals surface area contributed by atoms with E-state index in [9.17, 15) is 4.79 Å². The van der Waals surface area contributed by atoms with Crippen molar-refractivity contribution in [2.24, 2.45) is 0 Å². The van der Waals surface area contributed by atoms with Gasteiger partial charge in [-0.25, -0.2) is 0 Å². The van der Waals surface area contributed by atoms with Gasteiger partial charge in [0, 0.05) is 10.7 Å². The van der Waals surface area contributed by atoms with E-state index < -0.39 is 0 Å². The molecule has 1 saturated heterocycles. The lowest BCUT2D eigenvalue weighted by molar-refractivity contribution is -0.114. The Bertz CT molecular complexity index is 1040. The summed E-state index contributed by atoms with van der Waals surface area (Å²) in [6, 6.07) is 23.4. The number of carbonyl (C=O) groups excluding carboxylic acids is 1. The average Bonchev–Trinajstić information content (AvgIpc) is 3.06. The van der Waals surface area contributed by atoms with E-state index in [0.29, 0.717) is 9.93 Å². The molecular formula is C24H20ClNO2S. The quantitative estimate of drug-likeness (QED) is 0.451. The highest BCUT2D eigenvalue weighted by atomic mass is 35.5. The molecule has 1 fully saturated rings. The highest BCUT2D eigenvalue weighted by molar-refractivity contribution is 8.05. The van der Waals surface area contributed by atoms with Crippen LogP contribution >= 0.6 is 23.4 Å². The maximum atomic E-state index is 13.4. The van der Waals surface area contributed by atoms with Gasteiger partial charge in [0.2, 0.25) is 0 Å². The van der Waals surface area contributed by atoms with Gasteiger partial charge in [-0.1, -0.05) is 65.3 Å². The molecule has 0 aromatic heterocycles. The predicted octanol–water partition coefficient (Wildman–Crippen LogP) is 6.48. The minimum absolute atomic E-state index is 0.0132. The number of anilines is 1. The van der Waals surface area contributed by atoms with Gasteiger partial charge >= 0.3 is 0 Å². The van der Waals surface area contributed by atoms with Crippen molar-refractivity contribution < 1.29 is 9.53 Å². The van der Waals surface area contributed by atoms with Crippen molar-refractivity contribution in [3.8, 4) is 5.75 Å². The summed E-state index contributed by atoms with van der Waals surface area (Å²) in [6.45, 7) is 2.06. The minimum atomic E-state index is -0.130. The third kappa shape index (κ3) is 4.19. The highest BCUT2D eigenvalue weighted by Crippen LogP contribution is 2.48.